The van der Waals surface area contributed by atoms with E-state index < -0.39 is 41.4 Å². The van der Waals surface area contributed by atoms with Crippen molar-refractivity contribution in [1.29, 1.82) is 0 Å². The van der Waals surface area contributed by atoms with E-state index in [-0.39, 0.29) is 0 Å². The van der Waals surface area contributed by atoms with Crippen molar-refractivity contribution in [1.82, 2.24) is 4.90 Å². The standard InChI is InChI=1S/C6F13NO/c7-1(21)20(6(17,18)19)5(15,16)3(10,11)2(8,9)4(12,13)14. The Bertz CT molecular complexity index is 406. The smallest absolute Gasteiger partial charge is 0.234 e. The maximum absolute atomic E-state index is 12.7. The van der Waals surface area contributed by atoms with Gasteiger partial charge in [-0.3, -0.25) is 0 Å². The number of carbonyl (C=O) groups is 1. The van der Waals surface area contributed by atoms with Gasteiger partial charge in [0.15, 0.2) is 0 Å². The highest BCUT2D eigenvalue weighted by Crippen LogP contribution is 2.55. The molecule has 0 aromatic carbocycles. The first kappa shape index (κ1) is 19.6. The first-order chi connectivity index (χ1) is 8.82. The van der Waals surface area contributed by atoms with Crippen LogP contribution in [0.25, 0.3) is 0 Å². The van der Waals surface area contributed by atoms with Gasteiger partial charge in [-0.05, 0) is 0 Å². The predicted octanol–water partition coefficient (Wildman–Crippen LogP) is 4.32. The minimum absolute atomic E-state index is 3.67. The molecule has 126 valence electrons. The molecule has 0 aromatic rings. The van der Waals surface area contributed by atoms with Crippen molar-refractivity contribution >= 4 is 6.16 Å². The Hall–Kier alpha value is -1.44. The van der Waals surface area contributed by atoms with E-state index in [0.29, 0.717) is 0 Å². The van der Waals surface area contributed by atoms with Crippen LogP contribution in [0.5, 0.6) is 0 Å². The van der Waals surface area contributed by atoms with E-state index in [1.807, 2.05) is 0 Å². The maximum Gasteiger partial charge on any atom is 0.494 e. The van der Waals surface area contributed by atoms with Crippen LogP contribution < -0.4 is 0 Å². The Labute approximate surface area is 105 Å². The first-order valence-corrected chi connectivity index (χ1v) is 4.08. The van der Waals surface area contributed by atoms with E-state index in [2.05, 4.69) is 0 Å². The molecule has 21 heavy (non-hydrogen) atoms. The average Bonchev–Trinajstić information content (AvgIpc) is 2.10. The van der Waals surface area contributed by atoms with Crippen LogP contribution in [-0.2, 0) is 0 Å². The molecule has 0 atom stereocenters. The zero-order valence-electron chi connectivity index (χ0n) is 8.77. The second-order valence-corrected chi connectivity index (χ2v) is 3.24. The highest BCUT2D eigenvalue weighted by Gasteiger charge is 2.85. The Kier molecular flexibility index (Phi) is 4.46. The summed E-state index contributed by atoms with van der Waals surface area (Å²) in [7, 11) is 0. The van der Waals surface area contributed by atoms with Crippen molar-refractivity contribution in [3.8, 4) is 0 Å². The Morgan fingerprint density at radius 2 is 1.00 bits per heavy atom. The van der Waals surface area contributed by atoms with Crippen molar-refractivity contribution in [2.24, 2.45) is 0 Å². The molecule has 1 amide bonds. The molecular formula is C6F13NO. The van der Waals surface area contributed by atoms with E-state index in [1.165, 1.54) is 0 Å². The number of hydrogen-bond acceptors (Lipinski definition) is 1. The summed E-state index contributed by atoms with van der Waals surface area (Å²) in [5.74, 6) is -15.5. The highest BCUT2D eigenvalue weighted by atomic mass is 19.4. The number of halogens is 13. The largest absolute Gasteiger partial charge is 0.494 e. The van der Waals surface area contributed by atoms with Crippen LogP contribution in [0.2, 0.25) is 0 Å². The molecule has 0 aromatic heterocycles. The van der Waals surface area contributed by atoms with Gasteiger partial charge in [0, 0.05) is 0 Å². The third-order valence-corrected chi connectivity index (χ3v) is 1.84. The van der Waals surface area contributed by atoms with Gasteiger partial charge in [-0.1, -0.05) is 0 Å². The summed E-state index contributed by atoms with van der Waals surface area (Å²) >= 11 is 0. The van der Waals surface area contributed by atoms with Crippen molar-refractivity contribution in [2.75, 3.05) is 0 Å². The Balaban J connectivity index is 6.16. The second-order valence-electron chi connectivity index (χ2n) is 3.24. The van der Waals surface area contributed by atoms with Crippen LogP contribution in [0.15, 0.2) is 0 Å². The van der Waals surface area contributed by atoms with Crippen LogP contribution in [0.1, 0.15) is 0 Å². The summed E-state index contributed by atoms with van der Waals surface area (Å²) in [4.78, 5) is 5.99. The lowest BCUT2D eigenvalue weighted by atomic mass is 10.1. The van der Waals surface area contributed by atoms with Crippen molar-refractivity contribution in [3.05, 3.63) is 0 Å². The molecule has 15 heteroatoms. The molecule has 0 unspecified atom stereocenters. The van der Waals surface area contributed by atoms with E-state index in [9.17, 15) is 61.9 Å². The van der Waals surface area contributed by atoms with Crippen LogP contribution >= 0.6 is 0 Å². The summed E-state index contributed by atoms with van der Waals surface area (Å²) in [6.07, 6.45) is -18.8. The molecule has 0 N–H and O–H groups in total. The lowest BCUT2D eigenvalue weighted by Gasteiger charge is -2.38. The SMILES string of the molecule is O=C(F)N(C(F)(F)F)C(F)(F)C(F)(F)C(F)(F)C(F)(F)F. The summed E-state index contributed by atoms with van der Waals surface area (Å²) in [5, 5.41) is 0. The normalized spacial score (nSPS) is 15.1. The van der Waals surface area contributed by atoms with Gasteiger partial charge in [-0.15, -0.1) is 17.6 Å². The summed E-state index contributed by atoms with van der Waals surface area (Å²) in [5.41, 5.74) is 0. The van der Waals surface area contributed by atoms with Gasteiger partial charge >= 0.3 is 36.5 Å². The van der Waals surface area contributed by atoms with Gasteiger partial charge in [-0.25, -0.2) is 4.79 Å². The molecule has 0 rings (SSSR count). The summed E-state index contributed by atoms with van der Waals surface area (Å²) < 4.78 is 157. The van der Waals surface area contributed by atoms with Gasteiger partial charge in [0.05, 0.1) is 0 Å². The number of alkyl halides is 12. The maximum atomic E-state index is 12.7. The van der Waals surface area contributed by atoms with E-state index in [0.717, 1.165) is 0 Å². The predicted molar refractivity (Wildman–Crippen MR) is 35.3 cm³/mol. The zero-order valence-corrected chi connectivity index (χ0v) is 8.77. The monoisotopic (exact) mass is 349 g/mol. The summed E-state index contributed by atoms with van der Waals surface area (Å²) in [6, 6.07) is -7.56. The van der Waals surface area contributed by atoms with Gasteiger partial charge in [-0.2, -0.15) is 44.4 Å². The molecule has 0 aliphatic carbocycles. The number of rotatable bonds is 3. The molecule has 0 aliphatic heterocycles. The van der Waals surface area contributed by atoms with Crippen LogP contribution in [0, 0.1) is 0 Å². The van der Waals surface area contributed by atoms with Crippen molar-refractivity contribution < 1.29 is 61.9 Å². The quantitative estimate of drug-likeness (QED) is 0.422. The average molecular weight is 349 g/mol. The highest BCUT2D eigenvalue weighted by molar-refractivity contribution is 5.67. The molecule has 2 nitrogen and oxygen atoms in total. The topological polar surface area (TPSA) is 20.3 Å². The van der Waals surface area contributed by atoms with Gasteiger partial charge < -0.3 is 0 Å². The fourth-order valence-corrected chi connectivity index (χ4v) is 0.877. The third-order valence-electron chi connectivity index (χ3n) is 1.84. The fourth-order valence-electron chi connectivity index (χ4n) is 0.877. The molecule has 0 bridgehead atoms. The number of amides is 1. The van der Waals surface area contributed by atoms with Crippen LogP contribution in [0.4, 0.5) is 61.9 Å². The number of hydrogen-bond donors (Lipinski definition) is 0. The molecule has 0 fully saturated rings. The molecule has 0 radical (unpaired) electrons. The Morgan fingerprint density at radius 3 is 1.19 bits per heavy atom. The van der Waals surface area contributed by atoms with Gasteiger partial charge in [0.25, 0.3) is 0 Å². The molecular weight excluding hydrogens is 349 g/mol. The minimum Gasteiger partial charge on any atom is -0.234 e. The summed E-state index contributed by atoms with van der Waals surface area (Å²) in [6.45, 7) is 0. The van der Waals surface area contributed by atoms with Gasteiger partial charge in [0.2, 0.25) is 0 Å². The molecule has 0 saturated carbocycles. The lowest BCUT2D eigenvalue weighted by Crippen LogP contribution is -2.69. The second kappa shape index (κ2) is 4.79. The van der Waals surface area contributed by atoms with Crippen molar-refractivity contribution in [3.63, 3.8) is 0 Å². The zero-order chi connectivity index (χ0) is 17.7. The van der Waals surface area contributed by atoms with Crippen molar-refractivity contribution in [2.45, 2.75) is 30.4 Å². The van der Waals surface area contributed by atoms with E-state index in [4.69, 9.17) is 0 Å². The van der Waals surface area contributed by atoms with Crippen LogP contribution in [0.3, 0.4) is 0 Å². The van der Waals surface area contributed by atoms with Crippen LogP contribution in [-0.4, -0.2) is 41.4 Å². The Morgan fingerprint density at radius 1 is 0.667 bits per heavy atom. The molecule has 0 heterocycles. The number of carbonyl (C=O) groups excluding carboxylic acids is 1. The molecule has 0 saturated heterocycles. The fraction of sp³-hybridized carbons (Fsp3) is 0.833. The van der Waals surface area contributed by atoms with E-state index >= 15 is 0 Å². The molecule has 0 spiro atoms. The minimum atomic E-state index is -7.81. The number of nitrogens with zero attached hydrogens (tertiary/aromatic N) is 1. The lowest BCUT2D eigenvalue weighted by molar-refractivity contribution is -0.438. The third kappa shape index (κ3) is 2.95. The first-order valence-electron chi connectivity index (χ1n) is 4.08. The van der Waals surface area contributed by atoms with Gasteiger partial charge in [0.1, 0.15) is 0 Å². The van der Waals surface area contributed by atoms with E-state index in [1.54, 1.807) is 0 Å². The molecule has 0 aliphatic rings.